The van der Waals surface area contributed by atoms with Gasteiger partial charge in [0.1, 0.15) is 0 Å². The van der Waals surface area contributed by atoms with E-state index in [4.69, 9.17) is 26.8 Å². The number of methoxy groups -OCH3 is 1. The van der Waals surface area contributed by atoms with Crippen LogP contribution in [-0.2, 0) is 16.8 Å². The van der Waals surface area contributed by atoms with E-state index >= 15 is 0 Å². The molecule has 0 radical (unpaired) electrons. The van der Waals surface area contributed by atoms with Gasteiger partial charge in [0.25, 0.3) is 5.91 Å². The average Bonchev–Trinajstić information content (AvgIpc) is 2.60. The summed E-state index contributed by atoms with van der Waals surface area (Å²) in [5.74, 6) is 0.220. The van der Waals surface area contributed by atoms with Gasteiger partial charge in [0.15, 0.2) is 18.1 Å². The SMILES string of the molecule is COc1cc(CNCC(C)(C)c2ccccc2C)cc(Cl)c1OCC(N)=O. The van der Waals surface area contributed by atoms with Crippen molar-refractivity contribution in [3.8, 4) is 11.5 Å². The second kappa shape index (κ2) is 9.11. The third-order valence-corrected chi connectivity index (χ3v) is 4.70. The van der Waals surface area contributed by atoms with Gasteiger partial charge < -0.3 is 20.5 Å². The number of rotatable bonds is 9. The lowest BCUT2D eigenvalue weighted by molar-refractivity contribution is -0.119. The number of amides is 1. The molecule has 0 bridgehead atoms. The molecule has 2 aromatic carbocycles. The molecule has 0 aromatic heterocycles. The highest BCUT2D eigenvalue weighted by Crippen LogP contribution is 2.36. The van der Waals surface area contributed by atoms with Crippen LogP contribution in [-0.4, -0.2) is 26.2 Å². The van der Waals surface area contributed by atoms with E-state index in [1.54, 1.807) is 6.07 Å². The van der Waals surface area contributed by atoms with Crippen molar-refractivity contribution in [2.24, 2.45) is 5.73 Å². The van der Waals surface area contributed by atoms with Gasteiger partial charge in [-0.1, -0.05) is 49.7 Å². The quantitative estimate of drug-likeness (QED) is 0.686. The summed E-state index contributed by atoms with van der Waals surface area (Å²) >= 11 is 6.30. The zero-order valence-corrected chi connectivity index (χ0v) is 17.0. The molecule has 27 heavy (non-hydrogen) atoms. The first kappa shape index (κ1) is 21.1. The Balaban J connectivity index is 2.06. The first-order valence-corrected chi connectivity index (χ1v) is 9.16. The van der Waals surface area contributed by atoms with E-state index in [2.05, 4.69) is 50.4 Å². The Kier molecular flexibility index (Phi) is 7.11. The molecule has 0 saturated carbocycles. The molecular formula is C21H27ClN2O3. The van der Waals surface area contributed by atoms with E-state index in [0.29, 0.717) is 23.1 Å². The van der Waals surface area contributed by atoms with Crippen molar-refractivity contribution < 1.29 is 14.3 Å². The van der Waals surface area contributed by atoms with E-state index in [1.807, 2.05) is 6.07 Å². The molecule has 0 saturated heterocycles. The van der Waals surface area contributed by atoms with Crippen LogP contribution in [0.4, 0.5) is 0 Å². The smallest absolute Gasteiger partial charge is 0.255 e. The largest absolute Gasteiger partial charge is 0.493 e. The van der Waals surface area contributed by atoms with Crippen molar-refractivity contribution in [3.05, 3.63) is 58.1 Å². The van der Waals surface area contributed by atoms with E-state index in [0.717, 1.165) is 12.1 Å². The number of ether oxygens (including phenoxy) is 2. The lowest BCUT2D eigenvalue weighted by Crippen LogP contribution is -2.33. The van der Waals surface area contributed by atoms with Crippen LogP contribution in [0.15, 0.2) is 36.4 Å². The molecule has 1 amide bonds. The maximum atomic E-state index is 10.9. The molecule has 0 spiro atoms. The van der Waals surface area contributed by atoms with Gasteiger partial charge in [0.05, 0.1) is 12.1 Å². The first-order chi connectivity index (χ1) is 12.7. The Morgan fingerprint density at radius 3 is 2.59 bits per heavy atom. The van der Waals surface area contributed by atoms with Gasteiger partial charge in [-0.2, -0.15) is 0 Å². The lowest BCUT2D eigenvalue weighted by atomic mass is 9.82. The second-order valence-electron chi connectivity index (χ2n) is 7.17. The lowest BCUT2D eigenvalue weighted by Gasteiger charge is -2.27. The van der Waals surface area contributed by atoms with E-state index in [9.17, 15) is 4.79 Å². The Morgan fingerprint density at radius 2 is 1.96 bits per heavy atom. The predicted octanol–water partition coefficient (Wildman–Crippen LogP) is 3.59. The second-order valence-corrected chi connectivity index (χ2v) is 7.57. The molecule has 5 nitrogen and oxygen atoms in total. The monoisotopic (exact) mass is 390 g/mol. The fraction of sp³-hybridized carbons (Fsp3) is 0.381. The predicted molar refractivity (Wildman–Crippen MR) is 109 cm³/mol. The van der Waals surface area contributed by atoms with E-state index < -0.39 is 5.91 Å². The molecule has 2 aromatic rings. The molecule has 0 aliphatic heterocycles. The normalized spacial score (nSPS) is 11.3. The van der Waals surface area contributed by atoms with Gasteiger partial charge in [0.2, 0.25) is 0 Å². The molecule has 0 aliphatic carbocycles. The van der Waals surface area contributed by atoms with Gasteiger partial charge in [-0.25, -0.2) is 0 Å². The fourth-order valence-electron chi connectivity index (χ4n) is 3.11. The molecular weight excluding hydrogens is 364 g/mol. The molecule has 0 unspecified atom stereocenters. The first-order valence-electron chi connectivity index (χ1n) is 8.79. The van der Waals surface area contributed by atoms with Crippen LogP contribution in [0.5, 0.6) is 11.5 Å². The maximum Gasteiger partial charge on any atom is 0.255 e. The minimum absolute atomic E-state index is 0.0102. The van der Waals surface area contributed by atoms with Gasteiger partial charge in [-0.15, -0.1) is 0 Å². The number of carbonyl (C=O) groups is 1. The van der Waals surface area contributed by atoms with Crippen LogP contribution < -0.4 is 20.5 Å². The number of nitrogens with two attached hydrogens (primary N) is 1. The third-order valence-electron chi connectivity index (χ3n) is 4.42. The summed E-state index contributed by atoms with van der Waals surface area (Å²) in [7, 11) is 1.53. The van der Waals surface area contributed by atoms with Gasteiger partial charge >= 0.3 is 0 Å². The molecule has 0 heterocycles. The van der Waals surface area contributed by atoms with Crippen molar-refractivity contribution in [1.29, 1.82) is 0 Å². The number of nitrogens with one attached hydrogen (secondary N) is 1. The summed E-state index contributed by atoms with van der Waals surface area (Å²) in [6, 6.07) is 12.1. The topological polar surface area (TPSA) is 73.6 Å². The Hall–Kier alpha value is -2.24. The Bertz CT molecular complexity index is 806. The summed E-state index contributed by atoms with van der Waals surface area (Å²) in [6.07, 6.45) is 0. The molecule has 146 valence electrons. The van der Waals surface area contributed by atoms with Crippen LogP contribution in [0.2, 0.25) is 5.02 Å². The average molecular weight is 391 g/mol. The molecule has 2 rings (SSSR count). The number of hydrogen-bond acceptors (Lipinski definition) is 4. The molecule has 3 N–H and O–H groups in total. The Morgan fingerprint density at radius 1 is 1.26 bits per heavy atom. The standard InChI is InChI=1S/C21H27ClN2O3/c1-14-7-5-6-8-16(14)21(2,3)13-24-11-15-9-17(22)20(18(10-15)26-4)27-12-19(23)25/h5-10,24H,11-13H2,1-4H3,(H2,23,25). The van der Waals surface area contributed by atoms with Crippen molar-refractivity contribution in [2.45, 2.75) is 32.7 Å². The van der Waals surface area contributed by atoms with Gasteiger partial charge in [0, 0.05) is 18.5 Å². The summed E-state index contributed by atoms with van der Waals surface area (Å²) < 4.78 is 10.7. The van der Waals surface area contributed by atoms with Crippen molar-refractivity contribution in [3.63, 3.8) is 0 Å². The number of primary amides is 1. The van der Waals surface area contributed by atoms with Crippen LogP contribution >= 0.6 is 11.6 Å². The molecule has 0 fully saturated rings. The van der Waals surface area contributed by atoms with Crippen LogP contribution in [0, 0.1) is 6.92 Å². The minimum atomic E-state index is -0.572. The number of halogens is 1. The highest BCUT2D eigenvalue weighted by molar-refractivity contribution is 6.32. The number of carbonyl (C=O) groups excluding carboxylic acids is 1. The highest BCUT2D eigenvalue weighted by atomic mass is 35.5. The van der Waals surface area contributed by atoms with Crippen molar-refractivity contribution in [2.75, 3.05) is 20.3 Å². The molecule has 0 atom stereocenters. The maximum absolute atomic E-state index is 10.9. The summed E-state index contributed by atoms with van der Waals surface area (Å²) in [4.78, 5) is 10.9. The minimum Gasteiger partial charge on any atom is -0.493 e. The van der Waals surface area contributed by atoms with Gasteiger partial charge in [-0.3, -0.25) is 4.79 Å². The number of hydrogen-bond donors (Lipinski definition) is 2. The summed E-state index contributed by atoms with van der Waals surface area (Å²) in [5.41, 5.74) is 8.68. The highest BCUT2D eigenvalue weighted by Gasteiger charge is 2.22. The van der Waals surface area contributed by atoms with Crippen molar-refractivity contribution >= 4 is 17.5 Å². The Labute approximate surface area is 165 Å². The van der Waals surface area contributed by atoms with Crippen molar-refractivity contribution in [1.82, 2.24) is 5.32 Å². The number of aryl methyl sites for hydroxylation is 1. The number of benzene rings is 2. The third kappa shape index (κ3) is 5.62. The van der Waals surface area contributed by atoms with Gasteiger partial charge in [-0.05, 0) is 35.7 Å². The van der Waals surface area contributed by atoms with Crippen LogP contribution in [0.1, 0.15) is 30.5 Å². The molecule has 0 aliphatic rings. The van der Waals surface area contributed by atoms with E-state index in [-0.39, 0.29) is 12.0 Å². The van der Waals surface area contributed by atoms with Crippen LogP contribution in [0.3, 0.4) is 0 Å². The zero-order valence-electron chi connectivity index (χ0n) is 16.3. The summed E-state index contributed by atoms with van der Waals surface area (Å²) in [5, 5.41) is 3.87. The fourth-order valence-corrected chi connectivity index (χ4v) is 3.39. The van der Waals surface area contributed by atoms with Crippen LogP contribution in [0.25, 0.3) is 0 Å². The molecule has 6 heteroatoms. The zero-order chi connectivity index (χ0) is 20.0. The van der Waals surface area contributed by atoms with E-state index in [1.165, 1.54) is 18.2 Å². The summed E-state index contributed by atoms with van der Waals surface area (Å²) in [6.45, 7) is 7.75.